The van der Waals surface area contributed by atoms with E-state index in [9.17, 15) is 0 Å². The second kappa shape index (κ2) is 5.34. The predicted molar refractivity (Wildman–Crippen MR) is 96.6 cm³/mol. The molecule has 134 valence electrons. The molecule has 0 amide bonds. The Hall–Kier alpha value is -3.33. The molecule has 0 N–H and O–H groups in total. The average molecular weight is 360 g/mol. The van der Waals surface area contributed by atoms with Crippen molar-refractivity contribution in [1.82, 2.24) is 39.0 Å². The third kappa shape index (κ3) is 2.05. The van der Waals surface area contributed by atoms with Gasteiger partial charge in [0.25, 0.3) is 5.95 Å². The van der Waals surface area contributed by atoms with Gasteiger partial charge in [0.05, 0.1) is 17.9 Å². The maximum absolute atomic E-state index is 5.62. The Morgan fingerprint density at radius 3 is 2.89 bits per heavy atom. The zero-order chi connectivity index (χ0) is 18.0. The van der Waals surface area contributed by atoms with Crippen molar-refractivity contribution in [2.24, 2.45) is 5.92 Å². The number of rotatable bonds is 4. The first-order valence-corrected chi connectivity index (χ1v) is 8.88. The summed E-state index contributed by atoms with van der Waals surface area (Å²) in [6.07, 6.45) is 7.79. The average Bonchev–Trinajstić information content (AvgIpc) is 3.12. The van der Waals surface area contributed by atoms with Crippen LogP contribution in [0.2, 0.25) is 0 Å². The maximum Gasteiger partial charge on any atom is 0.259 e. The van der Waals surface area contributed by atoms with Gasteiger partial charge >= 0.3 is 0 Å². The third-order valence-electron chi connectivity index (χ3n) is 5.21. The monoisotopic (exact) mass is 360 g/mol. The summed E-state index contributed by atoms with van der Waals surface area (Å²) < 4.78 is 11.3. The van der Waals surface area contributed by atoms with Gasteiger partial charge in [-0.2, -0.15) is 4.68 Å². The van der Waals surface area contributed by atoms with Crippen LogP contribution in [0.1, 0.15) is 24.6 Å². The molecule has 9 nitrogen and oxygen atoms in total. The fraction of sp³-hybridized carbons (Fsp3) is 0.278. The first-order chi connectivity index (χ1) is 13.3. The maximum atomic E-state index is 5.62. The standard InChI is InChI=1S/C18H16N8O/c1-27-16(11-6-7-11)13-9-25(23-20-13)18-22-21-17-12-4-2-3-5-14(12)24-10-19-8-15(24)26(17)18/h2-5,8-11,16H,6-7H2,1H3. The van der Waals surface area contributed by atoms with Gasteiger partial charge in [-0.1, -0.05) is 17.3 Å². The van der Waals surface area contributed by atoms with E-state index >= 15 is 0 Å². The number of aromatic nitrogens is 8. The van der Waals surface area contributed by atoms with Crippen molar-refractivity contribution in [3.8, 4) is 5.95 Å². The van der Waals surface area contributed by atoms with Gasteiger partial charge < -0.3 is 4.74 Å². The van der Waals surface area contributed by atoms with Crippen LogP contribution in [-0.2, 0) is 4.74 Å². The minimum Gasteiger partial charge on any atom is -0.375 e. The van der Waals surface area contributed by atoms with Gasteiger partial charge in [0.2, 0.25) is 0 Å². The second-order valence-corrected chi connectivity index (χ2v) is 6.88. The summed E-state index contributed by atoms with van der Waals surface area (Å²) >= 11 is 0. The Bertz CT molecular complexity index is 1290. The molecule has 0 saturated heterocycles. The summed E-state index contributed by atoms with van der Waals surface area (Å²) in [5.74, 6) is 1.10. The number of ether oxygens (including phenoxy) is 1. The smallest absolute Gasteiger partial charge is 0.259 e. The first kappa shape index (κ1) is 14.8. The lowest BCUT2D eigenvalue weighted by molar-refractivity contribution is 0.0810. The van der Waals surface area contributed by atoms with Crippen LogP contribution in [0, 0.1) is 5.92 Å². The molecule has 5 aromatic rings. The van der Waals surface area contributed by atoms with Gasteiger partial charge in [0.1, 0.15) is 23.8 Å². The SMILES string of the molecule is COC(c1cn(-c2nnc3c4ccccc4n4cncc4n23)nn1)C1CC1. The Morgan fingerprint density at radius 2 is 2.04 bits per heavy atom. The molecule has 4 heterocycles. The molecule has 0 spiro atoms. The van der Waals surface area contributed by atoms with Crippen LogP contribution in [0.3, 0.4) is 0 Å². The van der Waals surface area contributed by atoms with Crippen molar-refractivity contribution in [3.05, 3.63) is 48.7 Å². The highest BCUT2D eigenvalue weighted by molar-refractivity contribution is 5.94. The summed E-state index contributed by atoms with van der Waals surface area (Å²) in [7, 11) is 1.72. The minimum atomic E-state index is -0.0197. The molecule has 4 aromatic heterocycles. The molecule has 1 aromatic carbocycles. The number of fused-ring (bicyclic) bond motifs is 6. The minimum absolute atomic E-state index is 0.0197. The number of benzene rings is 1. The van der Waals surface area contributed by atoms with Crippen LogP contribution < -0.4 is 0 Å². The molecule has 1 saturated carbocycles. The van der Waals surface area contributed by atoms with E-state index in [-0.39, 0.29) is 6.10 Å². The molecule has 1 aliphatic rings. The fourth-order valence-electron chi connectivity index (χ4n) is 3.78. The third-order valence-corrected chi connectivity index (χ3v) is 5.21. The fourth-order valence-corrected chi connectivity index (χ4v) is 3.78. The highest BCUT2D eigenvalue weighted by Gasteiger charge is 2.34. The van der Waals surface area contributed by atoms with Crippen LogP contribution in [-0.4, -0.2) is 46.1 Å². The van der Waals surface area contributed by atoms with E-state index in [0.29, 0.717) is 11.9 Å². The molecule has 6 rings (SSSR count). The number of hydrogen-bond acceptors (Lipinski definition) is 6. The number of methoxy groups -OCH3 is 1. The zero-order valence-corrected chi connectivity index (χ0v) is 14.6. The van der Waals surface area contributed by atoms with E-state index in [0.717, 1.165) is 27.9 Å². The highest BCUT2D eigenvalue weighted by Crippen LogP contribution is 2.42. The molecule has 0 radical (unpaired) electrons. The van der Waals surface area contributed by atoms with Crippen molar-refractivity contribution in [3.63, 3.8) is 0 Å². The summed E-state index contributed by atoms with van der Waals surface area (Å²) in [5, 5.41) is 18.4. The normalized spacial score (nSPS) is 15.9. The van der Waals surface area contributed by atoms with Crippen LogP contribution >= 0.6 is 0 Å². The van der Waals surface area contributed by atoms with Crippen molar-refractivity contribution < 1.29 is 4.74 Å². The summed E-state index contributed by atoms with van der Waals surface area (Å²) in [6, 6.07) is 8.07. The predicted octanol–water partition coefficient (Wildman–Crippen LogP) is 2.21. The highest BCUT2D eigenvalue weighted by atomic mass is 16.5. The Balaban J connectivity index is 1.60. The molecular formula is C18H16N8O. The van der Waals surface area contributed by atoms with Crippen molar-refractivity contribution in [2.45, 2.75) is 18.9 Å². The Labute approximate surface area is 153 Å². The summed E-state index contributed by atoms with van der Waals surface area (Å²) in [5.41, 5.74) is 3.48. The van der Waals surface area contributed by atoms with Crippen molar-refractivity contribution in [2.75, 3.05) is 7.11 Å². The molecular weight excluding hydrogens is 344 g/mol. The molecule has 1 fully saturated rings. The molecule has 0 bridgehead atoms. The lowest BCUT2D eigenvalue weighted by Gasteiger charge is -2.09. The largest absolute Gasteiger partial charge is 0.375 e. The molecule has 27 heavy (non-hydrogen) atoms. The van der Waals surface area contributed by atoms with Gasteiger partial charge in [0, 0.05) is 12.5 Å². The Morgan fingerprint density at radius 1 is 1.15 bits per heavy atom. The van der Waals surface area contributed by atoms with E-state index in [4.69, 9.17) is 4.74 Å². The van der Waals surface area contributed by atoms with E-state index in [1.807, 2.05) is 39.3 Å². The number of nitrogens with zero attached hydrogens (tertiary/aromatic N) is 8. The number of imidazole rings is 1. The van der Waals surface area contributed by atoms with E-state index in [1.54, 1.807) is 24.3 Å². The van der Waals surface area contributed by atoms with Crippen LogP contribution in [0.25, 0.3) is 28.1 Å². The van der Waals surface area contributed by atoms with Crippen LogP contribution in [0.5, 0.6) is 0 Å². The van der Waals surface area contributed by atoms with Gasteiger partial charge in [-0.15, -0.1) is 15.3 Å². The molecule has 1 aliphatic carbocycles. The Kier molecular flexibility index (Phi) is 2.92. The first-order valence-electron chi connectivity index (χ1n) is 8.88. The molecule has 9 heteroatoms. The molecule has 1 atom stereocenters. The van der Waals surface area contributed by atoms with Gasteiger partial charge in [-0.3, -0.25) is 4.40 Å². The van der Waals surface area contributed by atoms with E-state index < -0.39 is 0 Å². The van der Waals surface area contributed by atoms with Gasteiger partial charge in [-0.05, 0) is 30.9 Å². The topological polar surface area (TPSA) is 87.4 Å². The lowest BCUT2D eigenvalue weighted by atomic mass is 10.2. The van der Waals surface area contributed by atoms with Crippen LogP contribution in [0.4, 0.5) is 0 Å². The lowest BCUT2D eigenvalue weighted by Crippen LogP contribution is -2.05. The summed E-state index contributed by atoms with van der Waals surface area (Å²) in [4.78, 5) is 4.32. The van der Waals surface area contributed by atoms with Gasteiger partial charge in [0.15, 0.2) is 5.65 Å². The quantitative estimate of drug-likeness (QED) is 0.488. The van der Waals surface area contributed by atoms with E-state index in [2.05, 4.69) is 25.5 Å². The zero-order valence-electron chi connectivity index (χ0n) is 14.6. The van der Waals surface area contributed by atoms with Crippen molar-refractivity contribution >= 4 is 22.2 Å². The van der Waals surface area contributed by atoms with Crippen molar-refractivity contribution in [1.29, 1.82) is 0 Å². The second-order valence-electron chi connectivity index (χ2n) is 6.88. The van der Waals surface area contributed by atoms with Crippen LogP contribution in [0.15, 0.2) is 43.0 Å². The molecule has 0 aliphatic heterocycles. The van der Waals surface area contributed by atoms with Gasteiger partial charge in [-0.25, -0.2) is 9.38 Å². The summed E-state index contributed by atoms with van der Waals surface area (Å²) in [6.45, 7) is 0. The number of hydrogen-bond donors (Lipinski definition) is 0. The molecule has 1 unspecified atom stereocenters. The number of para-hydroxylation sites is 1. The van der Waals surface area contributed by atoms with E-state index in [1.165, 1.54) is 12.8 Å².